The van der Waals surface area contributed by atoms with Gasteiger partial charge in [0.05, 0.1) is 0 Å². The summed E-state index contributed by atoms with van der Waals surface area (Å²) in [7, 11) is 0. The minimum atomic E-state index is -0.404. The molecule has 22 heavy (non-hydrogen) atoms. The largest absolute Gasteiger partial charge is 0.298 e. The Bertz CT molecular complexity index is 508. The van der Waals surface area contributed by atoms with Gasteiger partial charge in [0.2, 0.25) is 0 Å². The van der Waals surface area contributed by atoms with Gasteiger partial charge in [-0.05, 0) is 23.7 Å². The standard InChI is InChI=1S/C19H28Cl2O/c1-16(2)13(11-20)7-9-18(16,5)15(22)19(6)10-8-14(12-21)17(19,3)4/h7-8H,9-12H2,1-6H3/t18-,19-/m1/s1. The SMILES string of the molecule is CC1(C)C(CCl)=CC[C@]1(C)C(=O)[C@@]1(C)CC=C(CCl)C1(C)C. The van der Waals surface area contributed by atoms with Gasteiger partial charge in [-0.3, -0.25) is 4.79 Å². The molecule has 0 saturated carbocycles. The van der Waals surface area contributed by atoms with Crippen molar-refractivity contribution in [1.82, 2.24) is 0 Å². The van der Waals surface area contributed by atoms with Crippen LogP contribution in [0.1, 0.15) is 54.4 Å². The highest BCUT2D eigenvalue weighted by Crippen LogP contribution is 2.62. The van der Waals surface area contributed by atoms with Gasteiger partial charge >= 0.3 is 0 Å². The summed E-state index contributed by atoms with van der Waals surface area (Å²) >= 11 is 12.2. The average Bonchev–Trinajstić information content (AvgIpc) is 2.82. The van der Waals surface area contributed by atoms with Crippen LogP contribution in [-0.4, -0.2) is 17.5 Å². The smallest absolute Gasteiger partial charge is 0.146 e. The van der Waals surface area contributed by atoms with Crippen LogP contribution in [0.2, 0.25) is 0 Å². The van der Waals surface area contributed by atoms with E-state index in [2.05, 4.69) is 53.7 Å². The predicted molar refractivity (Wildman–Crippen MR) is 95.6 cm³/mol. The summed E-state index contributed by atoms with van der Waals surface area (Å²) < 4.78 is 0. The van der Waals surface area contributed by atoms with Crippen molar-refractivity contribution in [2.24, 2.45) is 21.7 Å². The van der Waals surface area contributed by atoms with E-state index in [4.69, 9.17) is 23.2 Å². The highest BCUT2D eigenvalue weighted by molar-refractivity contribution is 6.20. The number of ketones is 1. The minimum absolute atomic E-state index is 0.200. The summed E-state index contributed by atoms with van der Waals surface area (Å²) in [6.07, 6.45) is 5.91. The molecule has 0 fully saturated rings. The zero-order valence-electron chi connectivity index (χ0n) is 14.6. The van der Waals surface area contributed by atoms with Crippen molar-refractivity contribution in [2.75, 3.05) is 11.8 Å². The second-order valence-corrected chi connectivity index (χ2v) is 8.91. The number of carbonyl (C=O) groups excluding carboxylic acids is 1. The fourth-order valence-electron chi connectivity index (χ4n) is 4.19. The topological polar surface area (TPSA) is 17.1 Å². The Labute approximate surface area is 145 Å². The molecule has 0 heterocycles. The maximum Gasteiger partial charge on any atom is 0.146 e. The van der Waals surface area contributed by atoms with Crippen LogP contribution in [0.3, 0.4) is 0 Å². The van der Waals surface area contributed by atoms with Crippen LogP contribution in [-0.2, 0) is 4.79 Å². The first-order valence-corrected chi connectivity index (χ1v) is 9.12. The van der Waals surface area contributed by atoms with Crippen molar-refractivity contribution < 1.29 is 4.79 Å². The van der Waals surface area contributed by atoms with Gasteiger partial charge in [0, 0.05) is 22.6 Å². The van der Waals surface area contributed by atoms with E-state index < -0.39 is 10.8 Å². The van der Waals surface area contributed by atoms with Gasteiger partial charge in [0.25, 0.3) is 0 Å². The number of hydrogen-bond acceptors (Lipinski definition) is 1. The molecule has 0 amide bonds. The monoisotopic (exact) mass is 342 g/mol. The van der Waals surface area contributed by atoms with E-state index in [9.17, 15) is 4.79 Å². The van der Waals surface area contributed by atoms with Crippen LogP contribution in [0, 0.1) is 21.7 Å². The highest BCUT2D eigenvalue weighted by Gasteiger charge is 2.61. The van der Waals surface area contributed by atoms with Gasteiger partial charge in [-0.25, -0.2) is 0 Å². The molecule has 124 valence electrons. The Morgan fingerprint density at radius 1 is 0.864 bits per heavy atom. The average molecular weight is 343 g/mol. The number of rotatable bonds is 4. The Morgan fingerprint density at radius 3 is 1.41 bits per heavy atom. The zero-order valence-corrected chi connectivity index (χ0v) is 16.2. The normalized spacial score (nSPS) is 36.2. The molecule has 0 aromatic heterocycles. The Hall–Kier alpha value is -0.270. The van der Waals surface area contributed by atoms with Crippen molar-refractivity contribution in [2.45, 2.75) is 54.4 Å². The maximum absolute atomic E-state index is 13.7. The molecule has 2 atom stereocenters. The number of halogens is 2. The summed E-state index contributed by atoms with van der Waals surface area (Å²) in [6.45, 7) is 12.9. The molecule has 2 rings (SSSR count). The lowest BCUT2D eigenvalue weighted by atomic mass is 9.53. The second-order valence-electron chi connectivity index (χ2n) is 8.38. The van der Waals surface area contributed by atoms with E-state index in [0.29, 0.717) is 17.5 Å². The van der Waals surface area contributed by atoms with Gasteiger partial charge in [0.1, 0.15) is 5.78 Å². The third-order valence-corrected chi connectivity index (χ3v) is 7.74. The Morgan fingerprint density at radius 2 is 1.18 bits per heavy atom. The maximum atomic E-state index is 13.7. The van der Waals surface area contributed by atoms with Crippen LogP contribution in [0.4, 0.5) is 0 Å². The molecule has 0 radical (unpaired) electrons. The van der Waals surface area contributed by atoms with E-state index in [1.54, 1.807) is 0 Å². The summed E-state index contributed by atoms with van der Waals surface area (Å²) in [6, 6.07) is 0. The number of carbonyl (C=O) groups is 1. The Kier molecular flexibility index (Phi) is 4.42. The molecule has 0 unspecified atom stereocenters. The van der Waals surface area contributed by atoms with Crippen LogP contribution >= 0.6 is 23.2 Å². The zero-order chi connectivity index (χ0) is 17.0. The molecule has 0 spiro atoms. The molecule has 3 heteroatoms. The summed E-state index contributed by atoms with van der Waals surface area (Å²) in [5, 5.41) is 0. The molecule has 1 nitrogen and oxygen atoms in total. The first-order chi connectivity index (χ1) is 9.99. The highest BCUT2D eigenvalue weighted by atomic mass is 35.5. The second kappa shape index (κ2) is 5.38. The lowest BCUT2D eigenvalue weighted by Gasteiger charge is -2.48. The third-order valence-electron chi connectivity index (χ3n) is 7.17. The van der Waals surface area contributed by atoms with Crippen LogP contribution < -0.4 is 0 Å². The Balaban J connectivity index is 2.42. The van der Waals surface area contributed by atoms with E-state index in [1.807, 2.05) is 0 Å². The molecule has 0 saturated heterocycles. The number of Topliss-reactive ketones (excluding diaryl/α,β-unsaturated/α-hetero) is 1. The molecular weight excluding hydrogens is 315 g/mol. The van der Waals surface area contributed by atoms with Crippen LogP contribution in [0.25, 0.3) is 0 Å². The van der Waals surface area contributed by atoms with Gasteiger partial charge in [-0.2, -0.15) is 0 Å². The summed E-state index contributed by atoms with van der Waals surface area (Å²) in [5.74, 6) is 1.35. The third kappa shape index (κ3) is 2.08. The predicted octanol–water partition coefficient (Wildman–Crippen LogP) is 5.76. The van der Waals surface area contributed by atoms with E-state index in [-0.39, 0.29) is 10.8 Å². The molecule has 0 bridgehead atoms. The quantitative estimate of drug-likeness (QED) is 0.469. The van der Waals surface area contributed by atoms with E-state index >= 15 is 0 Å². The lowest BCUT2D eigenvalue weighted by Crippen LogP contribution is -2.51. The lowest BCUT2D eigenvalue weighted by molar-refractivity contribution is -0.146. The van der Waals surface area contributed by atoms with Crippen molar-refractivity contribution in [3.8, 4) is 0 Å². The molecule has 0 N–H and O–H groups in total. The first-order valence-electron chi connectivity index (χ1n) is 8.05. The summed E-state index contributed by atoms with van der Waals surface area (Å²) in [5.41, 5.74) is 1.17. The number of alkyl halides is 2. The van der Waals surface area contributed by atoms with Crippen LogP contribution in [0.15, 0.2) is 23.3 Å². The van der Waals surface area contributed by atoms with Gasteiger partial charge < -0.3 is 0 Å². The molecule has 0 aromatic rings. The molecule has 2 aliphatic carbocycles. The van der Waals surface area contributed by atoms with Crippen molar-refractivity contribution in [3.05, 3.63) is 23.3 Å². The number of hydrogen-bond donors (Lipinski definition) is 0. The molecule has 0 aliphatic heterocycles. The van der Waals surface area contributed by atoms with Crippen molar-refractivity contribution >= 4 is 29.0 Å². The minimum Gasteiger partial charge on any atom is -0.298 e. The van der Waals surface area contributed by atoms with Gasteiger partial charge in [-0.15, -0.1) is 23.2 Å². The van der Waals surface area contributed by atoms with Crippen molar-refractivity contribution in [3.63, 3.8) is 0 Å². The molecule has 0 aromatic carbocycles. The fraction of sp³-hybridized carbons (Fsp3) is 0.737. The molecular formula is C19H28Cl2O. The summed E-state index contributed by atoms with van der Waals surface area (Å²) in [4.78, 5) is 13.7. The van der Waals surface area contributed by atoms with Crippen molar-refractivity contribution in [1.29, 1.82) is 0 Å². The first kappa shape index (κ1) is 18.1. The number of allylic oxidation sites excluding steroid dienone is 4. The fourth-order valence-corrected chi connectivity index (χ4v) is 5.08. The van der Waals surface area contributed by atoms with Crippen LogP contribution in [0.5, 0.6) is 0 Å². The van der Waals surface area contributed by atoms with E-state index in [1.165, 1.54) is 11.1 Å². The molecule has 2 aliphatic rings. The van der Waals surface area contributed by atoms with Gasteiger partial charge in [0.15, 0.2) is 0 Å². The van der Waals surface area contributed by atoms with Gasteiger partial charge in [-0.1, -0.05) is 64.8 Å². The van der Waals surface area contributed by atoms with E-state index in [0.717, 1.165) is 12.8 Å².